The van der Waals surface area contributed by atoms with Crippen LogP contribution >= 0.6 is 0 Å². The Morgan fingerprint density at radius 1 is 1.44 bits per heavy atom. The van der Waals surface area contributed by atoms with Gasteiger partial charge < -0.3 is 10.5 Å². The molecule has 2 rings (SSSR count). The molecule has 4 heteroatoms. The van der Waals surface area contributed by atoms with E-state index in [0.717, 1.165) is 18.7 Å². The summed E-state index contributed by atoms with van der Waals surface area (Å²) in [6.07, 6.45) is 0.0838. The van der Waals surface area contributed by atoms with Gasteiger partial charge in [0.25, 0.3) is 0 Å². The predicted molar refractivity (Wildman–Crippen MR) is 60.5 cm³/mol. The lowest BCUT2D eigenvalue weighted by atomic mass is 10.2. The summed E-state index contributed by atoms with van der Waals surface area (Å²) in [6, 6.07) is 6.89. The van der Waals surface area contributed by atoms with E-state index < -0.39 is 0 Å². The predicted octanol–water partition coefficient (Wildman–Crippen LogP) is 0.985. The Kier molecular flexibility index (Phi) is 3.88. The lowest BCUT2D eigenvalue weighted by Crippen LogP contribution is -2.45. The number of benzene rings is 1. The molecule has 0 bridgehead atoms. The highest BCUT2D eigenvalue weighted by molar-refractivity contribution is 5.17. The van der Waals surface area contributed by atoms with Crippen molar-refractivity contribution in [1.82, 2.24) is 4.90 Å². The van der Waals surface area contributed by atoms with Crippen LogP contribution in [0.3, 0.4) is 0 Å². The fraction of sp³-hybridized carbons (Fsp3) is 0.500. The average Bonchev–Trinajstić information content (AvgIpc) is 2.32. The van der Waals surface area contributed by atoms with E-state index in [2.05, 4.69) is 4.90 Å². The van der Waals surface area contributed by atoms with E-state index in [1.165, 1.54) is 6.07 Å². The van der Waals surface area contributed by atoms with Gasteiger partial charge in [-0.05, 0) is 6.07 Å². The molecular formula is C12H17FN2O. The molecule has 1 unspecified atom stereocenters. The molecule has 1 heterocycles. The summed E-state index contributed by atoms with van der Waals surface area (Å²) in [7, 11) is 0. The van der Waals surface area contributed by atoms with Crippen molar-refractivity contribution >= 4 is 0 Å². The Bertz CT molecular complexity index is 346. The third-order valence-electron chi connectivity index (χ3n) is 2.84. The molecule has 2 N–H and O–H groups in total. The summed E-state index contributed by atoms with van der Waals surface area (Å²) in [5.41, 5.74) is 6.30. The van der Waals surface area contributed by atoms with Crippen LogP contribution < -0.4 is 5.73 Å². The second kappa shape index (κ2) is 5.39. The van der Waals surface area contributed by atoms with E-state index >= 15 is 0 Å². The molecule has 16 heavy (non-hydrogen) atoms. The lowest BCUT2D eigenvalue weighted by molar-refractivity contribution is -0.0263. The first kappa shape index (κ1) is 11.5. The fourth-order valence-corrected chi connectivity index (χ4v) is 1.93. The standard InChI is InChI=1S/C12H17FN2O/c13-12-4-2-1-3-10(12)8-15-5-6-16-11(7-14)9-15/h1-4,11H,5-9,14H2. The van der Waals surface area contributed by atoms with E-state index in [0.29, 0.717) is 19.7 Å². The molecule has 0 radical (unpaired) electrons. The molecule has 0 aromatic heterocycles. The minimum Gasteiger partial charge on any atom is -0.374 e. The zero-order valence-electron chi connectivity index (χ0n) is 9.23. The third kappa shape index (κ3) is 2.78. The first-order chi connectivity index (χ1) is 7.79. The summed E-state index contributed by atoms with van der Waals surface area (Å²) in [4.78, 5) is 2.18. The second-order valence-electron chi connectivity index (χ2n) is 4.06. The van der Waals surface area contributed by atoms with Crippen LogP contribution in [0.2, 0.25) is 0 Å². The average molecular weight is 224 g/mol. The van der Waals surface area contributed by atoms with Crippen LogP contribution in [0.25, 0.3) is 0 Å². The third-order valence-corrected chi connectivity index (χ3v) is 2.84. The van der Waals surface area contributed by atoms with Crippen molar-refractivity contribution in [3.05, 3.63) is 35.6 Å². The molecular weight excluding hydrogens is 207 g/mol. The number of rotatable bonds is 3. The number of ether oxygens (including phenoxy) is 1. The number of hydrogen-bond donors (Lipinski definition) is 1. The van der Waals surface area contributed by atoms with Crippen LogP contribution in [0.15, 0.2) is 24.3 Å². The Labute approximate surface area is 95.0 Å². The maximum absolute atomic E-state index is 13.4. The molecule has 88 valence electrons. The van der Waals surface area contributed by atoms with Crippen molar-refractivity contribution < 1.29 is 9.13 Å². The zero-order chi connectivity index (χ0) is 11.4. The van der Waals surface area contributed by atoms with Gasteiger partial charge in [-0.25, -0.2) is 4.39 Å². The van der Waals surface area contributed by atoms with Crippen molar-refractivity contribution in [3.63, 3.8) is 0 Å². The lowest BCUT2D eigenvalue weighted by Gasteiger charge is -2.32. The van der Waals surface area contributed by atoms with Crippen LogP contribution in [-0.2, 0) is 11.3 Å². The smallest absolute Gasteiger partial charge is 0.127 e. The maximum Gasteiger partial charge on any atom is 0.127 e. The number of halogens is 1. The minimum atomic E-state index is -0.140. The SMILES string of the molecule is NCC1CN(Cc2ccccc2F)CCO1. The van der Waals surface area contributed by atoms with Crippen molar-refractivity contribution in [2.45, 2.75) is 12.6 Å². The van der Waals surface area contributed by atoms with E-state index in [4.69, 9.17) is 10.5 Å². The van der Waals surface area contributed by atoms with Gasteiger partial charge in [0.2, 0.25) is 0 Å². The molecule has 1 aliphatic rings. The van der Waals surface area contributed by atoms with Crippen molar-refractivity contribution in [1.29, 1.82) is 0 Å². The monoisotopic (exact) mass is 224 g/mol. The highest BCUT2D eigenvalue weighted by Crippen LogP contribution is 2.12. The van der Waals surface area contributed by atoms with Gasteiger partial charge in [0.15, 0.2) is 0 Å². The van der Waals surface area contributed by atoms with Gasteiger partial charge in [0.05, 0.1) is 12.7 Å². The molecule has 1 aromatic carbocycles. The van der Waals surface area contributed by atoms with Gasteiger partial charge in [0.1, 0.15) is 5.82 Å². The van der Waals surface area contributed by atoms with Crippen molar-refractivity contribution in [2.24, 2.45) is 5.73 Å². The molecule has 0 spiro atoms. The summed E-state index contributed by atoms with van der Waals surface area (Å²) in [6.45, 7) is 3.45. The first-order valence-corrected chi connectivity index (χ1v) is 5.57. The molecule has 1 aliphatic heterocycles. The quantitative estimate of drug-likeness (QED) is 0.832. The number of nitrogens with two attached hydrogens (primary N) is 1. The number of nitrogens with zero attached hydrogens (tertiary/aromatic N) is 1. The van der Waals surface area contributed by atoms with E-state index in [9.17, 15) is 4.39 Å². The summed E-state index contributed by atoms with van der Waals surface area (Å²) >= 11 is 0. The highest BCUT2D eigenvalue weighted by Gasteiger charge is 2.19. The van der Waals surface area contributed by atoms with Crippen molar-refractivity contribution in [3.8, 4) is 0 Å². The molecule has 0 aliphatic carbocycles. The highest BCUT2D eigenvalue weighted by atomic mass is 19.1. The molecule has 0 amide bonds. The first-order valence-electron chi connectivity index (χ1n) is 5.57. The largest absolute Gasteiger partial charge is 0.374 e. The molecule has 3 nitrogen and oxygen atoms in total. The Morgan fingerprint density at radius 3 is 3.00 bits per heavy atom. The van der Waals surface area contributed by atoms with Gasteiger partial charge in [-0.1, -0.05) is 18.2 Å². The maximum atomic E-state index is 13.4. The zero-order valence-corrected chi connectivity index (χ0v) is 9.23. The number of morpholine rings is 1. The molecule has 1 aromatic rings. The summed E-state index contributed by atoms with van der Waals surface area (Å²) in [5.74, 6) is -0.140. The van der Waals surface area contributed by atoms with Gasteiger partial charge in [0, 0.05) is 31.7 Å². The van der Waals surface area contributed by atoms with E-state index in [-0.39, 0.29) is 11.9 Å². The normalized spacial score (nSPS) is 22.2. The topological polar surface area (TPSA) is 38.5 Å². The second-order valence-corrected chi connectivity index (χ2v) is 4.06. The molecule has 1 atom stereocenters. The van der Waals surface area contributed by atoms with Crippen LogP contribution in [0.1, 0.15) is 5.56 Å². The Hall–Kier alpha value is -0.970. The molecule has 1 saturated heterocycles. The van der Waals surface area contributed by atoms with Crippen molar-refractivity contribution in [2.75, 3.05) is 26.2 Å². The molecule has 0 saturated carbocycles. The Balaban J connectivity index is 1.97. The Morgan fingerprint density at radius 2 is 2.25 bits per heavy atom. The van der Waals surface area contributed by atoms with Gasteiger partial charge in [-0.3, -0.25) is 4.90 Å². The van der Waals surface area contributed by atoms with Gasteiger partial charge >= 0.3 is 0 Å². The fourth-order valence-electron chi connectivity index (χ4n) is 1.93. The van der Waals surface area contributed by atoms with Gasteiger partial charge in [-0.15, -0.1) is 0 Å². The van der Waals surface area contributed by atoms with Crippen LogP contribution in [-0.4, -0.2) is 37.2 Å². The summed E-state index contributed by atoms with van der Waals surface area (Å²) in [5, 5.41) is 0. The number of hydrogen-bond acceptors (Lipinski definition) is 3. The minimum absolute atomic E-state index is 0.0838. The van der Waals surface area contributed by atoms with Crippen LogP contribution in [0, 0.1) is 5.82 Å². The van der Waals surface area contributed by atoms with Crippen LogP contribution in [0.5, 0.6) is 0 Å². The molecule has 1 fully saturated rings. The van der Waals surface area contributed by atoms with Gasteiger partial charge in [-0.2, -0.15) is 0 Å². The van der Waals surface area contributed by atoms with E-state index in [1.807, 2.05) is 12.1 Å². The van der Waals surface area contributed by atoms with E-state index in [1.54, 1.807) is 6.07 Å². The summed E-state index contributed by atoms with van der Waals surface area (Å²) < 4.78 is 18.9. The van der Waals surface area contributed by atoms with Crippen LogP contribution in [0.4, 0.5) is 4.39 Å².